The summed E-state index contributed by atoms with van der Waals surface area (Å²) in [6.07, 6.45) is -2.10. The van der Waals surface area contributed by atoms with Crippen LogP contribution in [0.25, 0.3) is 0 Å². The maximum absolute atomic E-state index is 11.4. The summed E-state index contributed by atoms with van der Waals surface area (Å²) >= 11 is 0. The second kappa shape index (κ2) is 6.15. The van der Waals surface area contributed by atoms with Crippen LogP contribution in [0, 0.1) is 0 Å². The fourth-order valence-corrected chi connectivity index (χ4v) is 1.59. The average Bonchev–Trinajstić information content (AvgIpc) is 2.54. The van der Waals surface area contributed by atoms with Crippen LogP contribution in [0.3, 0.4) is 0 Å². The lowest BCUT2D eigenvalue weighted by atomic mass is 10.1. The van der Waals surface area contributed by atoms with Gasteiger partial charge in [-0.05, 0) is 6.42 Å². The van der Waals surface area contributed by atoms with E-state index in [-0.39, 0.29) is 12.5 Å². The third-order valence-electron chi connectivity index (χ3n) is 2.60. The van der Waals surface area contributed by atoms with Crippen LogP contribution in [0.5, 0.6) is 0 Å². The van der Waals surface area contributed by atoms with Gasteiger partial charge >= 0.3 is 0 Å². The summed E-state index contributed by atoms with van der Waals surface area (Å²) in [5.41, 5.74) is 0. The first kappa shape index (κ1) is 13.4. The zero-order valence-electron chi connectivity index (χ0n) is 9.30. The number of amides is 1. The molecule has 4 N–H and O–H groups in total. The van der Waals surface area contributed by atoms with Crippen molar-refractivity contribution >= 4 is 5.91 Å². The molecule has 16 heavy (non-hydrogen) atoms. The molecule has 94 valence electrons. The van der Waals surface area contributed by atoms with E-state index in [9.17, 15) is 15.0 Å². The fourth-order valence-electron chi connectivity index (χ4n) is 1.59. The predicted octanol–water partition coefficient (Wildman–Crippen LogP) is -1.27. The lowest BCUT2D eigenvalue weighted by Crippen LogP contribution is -2.43. The maximum Gasteiger partial charge on any atom is 0.222 e. The van der Waals surface area contributed by atoms with Gasteiger partial charge in [-0.15, -0.1) is 0 Å². The number of rotatable bonds is 5. The lowest BCUT2D eigenvalue weighted by molar-refractivity contribution is -0.127. The van der Waals surface area contributed by atoms with Crippen LogP contribution in [0.1, 0.15) is 26.2 Å². The molecule has 6 heteroatoms. The van der Waals surface area contributed by atoms with E-state index in [0.717, 1.165) is 12.8 Å². The second-order valence-electron chi connectivity index (χ2n) is 3.93. The van der Waals surface area contributed by atoms with E-state index in [4.69, 9.17) is 9.84 Å². The van der Waals surface area contributed by atoms with E-state index in [1.54, 1.807) is 0 Å². The molecule has 0 aliphatic carbocycles. The number of unbranched alkanes of at least 4 members (excludes halogenated alkanes) is 1. The monoisotopic (exact) mass is 233 g/mol. The van der Waals surface area contributed by atoms with Gasteiger partial charge in [0.25, 0.3) is 0 Å². The van der Waals surface area contributed by atoms with Crippen molar-refractivity contribution in [3.05, 3.63) is 0 Å². The Kier molecular flexibility index (Phi) is 5.14. The molecule has 0 saturated carbocycles. The number of ether oxygens (including phenoxy) is 1. The van der Waals surface area contributed by atoms with E-state index in [2.05, 4.69) is 5.32 Å². The highest BCUT2D eigenvalue weighted by molar-refractivity contribution is 5.76. The minimum atomic E-state index is -1.19. The molecule has 0 aromatic heterocycles. The van der Waals surface area contributed by atoms with Gasteiger partial charge in [0.15, 0.2) is 6.23 Å². The van der Waals surface area contributed by atoms with Gasteiger partial charge in [-0.3, -0.25) is 4.79 Å². The third kappa shape index (κ3) is 3.15. The number of carbonyl (C=O) groups is 1. The van der Waals surface area contributed by atoms with Crippen molar-refractivity contribution < 1.29 is 24.9 Å². The van der Waals surface area contributed by atoms with Crippen molar-refractivity contribution in [1.82, 2.24) is 5.32 Å². The Labute approximate surface area is 94.2 Å². The molecule has 1 saturated heterocycles. The third-order valence-corrected chi connectivity index (χ3v) is 2.60. The van der Waals surface area contributed by atoms with Gasteiger partial charge in [0.05, 0.1) is 6.61 Å². The lowest BCUT2D eigenvalue weighted by Gasteiger charge is -2.16. The van der Waals surface area contributed by atoms with E-state index in [1.165, 1.54) is 0 Å². The first-order valence-electron chi connectivity index (χ1n) is 5.52. The molecule has 4 atom stereocenters. The highest BCUT2D eigenvalue weighted by Crippen LogP contribution is 2.19. The first-order valence-corrected chi connectivity index (χ1v) is 5.52. The molecule has 0 unspecified atom stereocenters. The minimum absolute atomic E-state index is 0.225. The van der Waals surface area contributed by atoms with Crippen molar-refractivity contribution in [3.8, 4) is 0 Å². The molecule has 1 rings (SSSR count). The summed E-state index contributed by atoms with van der Waals surface area (Å²) in [6.45, 7) is 1.58. The smallest absolute Gasteiger partial charge is 0.222 e. The molecular formula is C10H19NO5. The van der Waals surface area contributed by atoms with Crippen molar-refractivity contribution in [2.45, 2.75) is 50.7 Å². The molecule has 6 nitrogen and oxygen atoms in total. The Morgan fingerprint density at radius 3 is 2.56 bits per heavy atom. The van der Waals surface area contributed by atoms with Crippen molar-refractivity contribution in [2.24, 2.45) is 0 Å². The number of carbonyl (C=O) groups excluding carboxylic acids is 1. The molecule has 0 aromatic carbocycles. The van der Waals surface area contributed by atoms with Gasteiger partial charge in [0, 0.05) is 6.42 Å². The van der Waals surface area contributed by atoms with Crippen LogP contribution in [0.15, 0.2) is 0 Å². The number of nitrogens with one attached hydrogen (secondary N) is 1. The molecule has 1 aliphatic rings. The molecule has 0 spiro atoms. The molecule has 0 aromatic rings. The van der Waals surface area contributed by atoms with Crippen LogP contribution >= 0.6 is 0 Å². The summed E-state index contributed by atoms with van der Waals surface area (Å²) < 4.78 is 5.10. The van der Waals surface area contributed by atoms with Crippen molar-refractivity contribution in [1.29, 1.82) is 0 Å². The van der Waals surface area contributed by atoms with Crippen LogP contribution < -0.4 is 5.32 Å². The van der Waals surface area contributed by atoms with Crippen molar-refractivity contribution in [3.63, 3.8) is 0 Å². The van der Waals surface area contributed by atoms with E-state index >= 15 is 0 Å². The zero-order valence-corrected chi connectivity index (χ0v) is 9.30. The fraction of sp³-hybridized carbons (Fsp3) is 0.900. The van der Waals surface area contributed by atoms with E-state index < -0.39 is 24.5 Å². The molecule has 1 aliphatic heterocycles. The molecule has 0 radical (unpaired) electrons. The Morgan fingerprint density at radius 2 is 2.06 bits per heavy atom. The normalized spacial score (nSPS) is 34.0. The largest absolute Gasteiger partial charge is 0.394 e. The maximum atomic E-state index is 11.4. The van der Waals surface area contributed by atoms with Crippen LogP contribution in [-0.2, 0) is 9.53 Å². The van der Waals surface area contributed by atoms with Crippen molar-refractivity contribution in [2.75, 3.05) is 6.61 Å². The van der Waals surface area contributed by atoms with Gasteiger partial charge in [-0.25, -0.2) is 0 Å². The Bertz CT molecular complexity index is 235. The zero-order chi connectivity index (χ0) is 12.1. The number of aliphatic hydroxyl groups excluding tert-OH is 3. The topological polar surface area (TPSA) is 99.0 Å². The number of aliphatic hydroxyl groups is 3. The standard InChI is InChI=1S/C10H19NO5/c1-2-3-4-7(13)11-10-9(15)8(14)6(5-12)16-10/h6,8-10,12,14-15H,2-5H2,1H3,(H,11,13)/t6-,8-,9+,10+/m1/s1. The van der Waals surface area contributed by atoms with Crippen LogP contribution in [0.2, 0.25) is 0 Å². The number of hydrogen-bond donors (Lipinski definition) is 4. The summed E-state index contributed by atoms with van der Waals surface area (Å²) in [5, 5.41) is 30.3. The second-order valence-corrected chi connectivity index (χ2v) is 3.93. The summed E-state index contributed by atoms with van der Waals surface area (Å²) in [6, 6.07) is 0. The quantitative estimate of drug-likeness (QED) is 0.474. The molecule has 1 amide bonds. The minimum Gasteiger partial charge on any atom is -0.394 e. The summed E-state index contributed by atoms with van der Waals surface area (Å²) in [7, 11) is 0. The van der Waals surface area contributed by atoms with Gasteiger partial charge < -0.3 is 25.4 Å². The van der Waals surface area contributed by atoms with E-state index in [1.807, 2.05) is 6.92 Å². The molecule has 1 heterocycles. The average molecular weight is 233 g/mol. The first-order chi connectivity index (χ1) is 7.60. The summed E-state index contributed by atoms with van der Waals surface area (Å²) in [4.78, 5) is 11.4. The number of hydrogen-bond acceptors (Lipinski definition) is 5. The van der Waals surface area contributed by atoms with Gasteiger partial charge in [0.1, 0.15) is 18.3 Å². The Balaban J connectivity index is 2.40. The molecular weight excluding hydrogens is 214 g/mol. The Morgan fingerprint density at radius 1 is 1.38 bits per heavy atom. The van der Waals surface area contributed by atoms with Gasteiger partial charge in [-0.2, -0.15) is 0 Å². The highest BCUT2D eigenvalue weighted by Gasteiger charge is 2.42. The summed E-state index contributed by atoms with van der Waals surface area (Å²) in [5.74, 6) is -0.225. The van der Waals surface area contributed by atoms with Crippen LogP contribution in [-0.4, -0.2) is 52.4 Å². The Hall–Kier alpha value is -0.690. The van der Waals surface area contributed by atoms with Gasteiger partial charge in [0.2, 0.25) is 5.91 Å². The predicted molar refractivity (Wildman–Crippen MR) is 55.4 cm³/mol. The van der Waals surface area contributed by atoms with Crippen LogP contribution in [0.4, 0.5) is 0 Å². The van der Waals surface area contributed by atoms with Gasteiger partial charge in [-0.1, -0.05) is 13.3 Å². The highest BCUT2D eigenvalue weighted by atomic mass is 16.6. The molecule has 1 fully saturated rings. The van der Waals surface area contributed by atoms with E-state index in [0.29, 0.717) is 6.42 Å². The molecule has 0 bridgehead atoms. The SMILES string of the molecule is CCCCC(=O)N[C@H]1O[C@H](CO)[C@@H](O)[C@@H]1O.